The van der Waals surface area contributed by atoms with Gasteiger partial charge < -0.3 is 5.32 Å². The maximum Gasteiger partial charge on any atom is 0.0196 e. The molecule has 0 saturated carbocycles. The maximum absolute atomic E-state index is 4.16. The molecule has 1 unspecified atom stereocenters. The van der Waals surface area contributed by atoms with Gasteiger partial charge in [0.05, 0.1) is 0 Å². The number of hydrogen-bond donors (Lipinski definition) is 1. The lowest BCUT2D eigenvalue weighted by Gasteiger charge is -2.36. The van der Waals surface area contributed by atoms with Crippen LogP contribution < -0.4 is 5.32 Å². The molecule has 0 spiro atoms. The monoisotopic (exact) mass is 245 g/mol. The van der Waals surface area contributed by atoms with E-state index in [9.17, 15) is 0 Å². The Morgan fingerprint density at radius 2 is 1.83 bits per heavy atom. The van der Waals surface area contributed by atoms with E-state index in [0.717, 1.165) is 19.4 Å². The Bertz CT molecular complexity index is 364. The average Bonchev–Trinajstić information content (AvgIpc) is 2.39. The zero-order valence-electron chi connectivity index (χ0n) is 12.3. The van der Waals surface area contributed by atoms with Gasteiger partial charge in [-0.05, 0) is 24.9 Å². The van der Waals surface area contributed by atoms with E-state index in [2.05, 4.69) is 69.9 Å². The lowest BCUT2D eigenvalue weighted by Crippen LogP contribution is -2.45. The van der Waals surface area contributed by atoms with Gasteiger partial charge in [0.2, 0.25) is 0 Å². The zero-order chi connectivity index (χ0) is 13.6. The van der Waals surface area contributed by atoms with E-state index in [1.807, 2.05) is 0 Å². The Morgan fingerprint density at radius 1 is 1.22 bits per heavy atom. The number of likely N-dealkylation sites (N-methyl/N-ethyl adjacent to an activating group) is 1. The van der Waals surface area contributed by atoms with E-state index >= 15 is 0 Å². The fourth-order valence-corrected chi connectivity index (χ4v) is 2.33. The van der Waals surface area contributed by atoms with Crippen LogP contribution in [0.3, 0.4) is 0 Å². The molecule has 0 aliphatic rings. The molecule has 0 fully saturated rings. The predicted octanol–water partition coefficient (Wildman–Crippen LogP) is 4.30. The van der Waals surface area contributed by atoms with Gasteiger partial charge in [0.1, 0.15) is 0 Å². The van der Waals surface area contributed by atoms with Gasteiger partial charge in [-0.15, -0.1) is 0 Å². The van der Waals surface area contributed by atoms with E-state index in [1.54, 1.807) is 0 Å². The van der Waals surface area contributed by atoms with Crippen LogP contribution in [0.1, 0.15) is 46.1 Å². The standard InChI is InChI=1S/C17H27N/c1-6-14(3)13-16(18-7-2)17(4,5)15-11-9-8-10-12-15/h8-12,16,18H,3,6-7,13H2,1-2,4-5H3. The molecule has 0 bridgehead atoms. The molecule has 0 amide bonds. The predicted molar refractivity (Wildman–Crippen MR) is 81.0 cm³/mol. The molecule has 1 N–H and O–H groups in total. The first kappa shape index (κ1) is 15.0. The Morgan fingerprint density at radius 3 is 2.33 bits per heavy atom. The average molecular weight is 245 g/mol. The third kappa shape index (κ3) is 3.71. The van der Waals surface area contributed by atoms with Crippen LogP contribution in [0.25, 0.3) is 0 Å². The van der Waals surface area contributed by atoms with Crippen molar-refractivity contribution in [1.82, 2.24) is 5.32 Å². The molecule has 0 aliphatic heterocycles. The molecular formula is C17H27N. The maximum atomic E-state index is 4.16. The van der Waals surface area contributed by atoms with Crippen LogP contribution in [-0.4, -0.2) is 12.6 Å². The summed E-state index contributed by atoms with van der Waals surface area (Å²) in [5.74, 6) is 0. The van der Waals surface area contributed by atoms with Crippen molar-refractivity contribution in [2.45, 2.75) is 52.0 Å². The molecular weight excluding hydrogens is 218 g/mol. The van der Waals surface area contributed by atoms with Crippen molar-refractivity contribution in [3.63, 3.8) is 0 Å². The Labute approximate surface area is 112 Å². The second-order valence-electron chi connectivity index (χ2n) is 5.51. The Hall–Kier alpha value is -1.08. The Kier molecular flexibility index (Phi) is 5.61. The summed E-state index contributed by atoms with van der Waals surface area (Å²) < 4.78 is 0. The summed E-state index contributed by atoms with van der Waals surface area (Å²) >= 11 is 0. The van der Waals surface area contributed by atoms with Gasteiger partial charge in [-0.3, -0.25) is 0 Å². The number of hydrogen-bond acceptors (Lipinski definition) is 1. The molecule has 1 aromatic rings. The highest BCUT2D eigenvalue weighted by atomic mass is 14.9. The van der Waals surface area contributed by atoms with Crippen LogP contribution in [0.15, 0.2) is 42.5 Å². The van der Waals surface area contributed by atoms with E-state index in [-0.39, 0.29) is 5.41 Å². The van der Waals surface area contributed by atoms with E-state index in [1.165, 1.54) is 11.1 Å². The fourth-order valence-electron chi connectivity index (χ4n) is 2.33. The van der Waals surface area contributed by atoms with E-state index < -0.39 is 0 Å². The molecule has 100 valence electrons. The summed E-state index contributed by atoms with van der Waals surface area (Å²) in [4.78, 5) is 0. The smallest absolute Gasteiger partial charge is 0.0196 e. The molecule has 0 aromatic heterocycles. The van der Waals surface area contributed by atoms with Gasteiger partial charge in [-0.25, -0.2) is 0 Å². The van der Waals surface area contributed by atoms with Gasteiger partial charge in [0.25, 0.3) is 0 Å². The van der Waals surface area contributed by atoms with E-state index in [0.29, 0.717) is 6.04 Å². The second-order valence-corrected chi connectivity index (χ2v) is 5.51. The minimum atomic E-state index is 0.120. The van der Waals surface area contributed by atoms with Crippen molar-refractivity contribution >= 4 is 0 Å². The summed E-state index contributed by atoms with van der Waals surface area (Å²) in [5, 5.41) is 3.63. The van der Waals surface area contributed by atoms with Gasteiger partial charge in [0.15, 0.2) is 0 Å². The lowest BCUT2D eigenvalue weighted by atomic mass is 9.75. The first-order chi connectivity index (χ1) is 8.52. The van der Waals surface area contributed by atoms with E-state index in [4.69, 9.17) is 0 Å². The minimum absolute atomic E-state index is 0.120. The summed E-state index contributed by atoms with van der Waals surface area (Å²) in [6.07, 6.45) is 2.11. The minimum Gasteiger partial charge on any atom is -0.313 e. The SMILES string of the molecule is C=C(CC)CC(NCC)C(C)(C)c1ccccc1. The third-order valence-electron chi connectivity index (χ3n) is 3.83. The summed E-state index contributed by atoms with van der Waals surface area (Å²) in [7, 11) is 0. The van der Waals surface area contributed by atoms with Crippen LogP contribution in [0, 0.1) is 0 Å². The number of nitrogens with one attached hydrogen (secondary N) is 1. The van der Waals surface area contributed by atoms with Crippen LogP contribution in [-0.2, 0) is 5.41 Å². The van der Waals surface area contributed by atoms with Crippen molar-refractivity contribution in [3.8, 4) is 0 Å². The van der Waals surface area contributed by atoms with Crippen LogP contribution in [0.4, 0.5) is 0 Å². The highest BCUT2D eigenvalue weighted by Gasteiger charge is 2.30. The van der Waals surface area contributed by atoms with Gasteiger partial charge >= 0.3 is 0 Å². The van der Waals surface area contributed by atoms with Crippen molar-refractivity contribution in [2.75, 3.05) is 6.54 Å². The first-order valence-electron chi connectivity index (χ1n) is 6.97. The number of rotatable bonds is 7. The highest BCUT2D eigenvalue weighted by molar-refractivity contribution is 5.26. The molecule has 18 heavy (non-hydrogen) atoms. The molecule has 0 heterocycles. The third-order valence-corrected chi connectivity index (χ3v) is 3.83. The molecule has 0 saturated heterocycles. The van der Waals surface area contributed by atoms with Gasteiger partial charge in [-0.1, -0.05) is 70.2 Å². The summed E-state index contributed by atoms with van der Waals surface area (Å²) in [5.41, 5.74) is 2.83. The van der Waals surface area contributed by atoms with Crippen molar-refractivity contribution in [3.05, 3.63) is 48.0 Å². The van der Waals surface area contributed by atoms with Gasteiger partial charge in [0, 0.05) is 11.5 Å². The molecule has 0 radical (unpaired) electrons. The highest BCUT2D eigenvalue weighted by Crippen LogP contribution is 2.30. The van der Waals surface area contributed by atoms with Crippen LogP contribution in [0.2, 0.25) is 0 Å². The normalized spacial score (nSPS) is 13.3. The largest absolute Gasteiger partial charge is 0.313 e. The first-order valence-corrected chi connectivity index (χ1v) is 6.97. The lowest BCUT2D eigenvalue weighted by molar-refractivity contribution is 0.341. The molecule has 1 nitrogen and oxygen atoms in total. The summed E-state index contributed by atoms with van der Waals surface area (Å²) in [6, 6.07) is 11.2. The molecule has 1 heteroatoms. The Balaban J connectivity index is 2.92. The second kappa shape index (κ2) is 6.75. The topological polar surface area (TPSA) is 12.0 Å². The van der Waals surface area contributed by atoms with Crippen LogP contribution in [0.5, 0.6) is 0 Å². The summed E-state index contributed by atoms with van der Waals surface area (Å²) in [6.45, 7) is 14.1. The molecule has 0 aliphatic carbocycles. The fraction of sp³-hybridized carbons (Fsp3) is 0.529. The van der Waals surface area contributed by atoms with Crippen LogP contribution >= 0.6 is 0 Å². The van der Waals surface area contributed by atoms with Crippen molar-refractivity contribution in [2.24, 2.45) is 0 Å². The quantitative estimate of drug-likeness (QED) is 0.706. The van der Waals surface area contributed by atoms with Crippen molar-refractivity contribution in [1.29, 1.82) is 0 Å². The van der Waals surface area contributed by atoms with Crippen molar-refractivity contribution < 1.29 is 0 Å². The molecule has 1 aromatic carbocycles. The molecule has 1 rings (SSSR count). The van der Waals surface area contributed by atoms with Gasteiger partial charge in [-0.2, -0.15) is 0 Å². The number of benzene rings is 1. The molecule has 1 atom stereocenters. The zero-order valence-corrected chi connectivity index (χ0v) is 12.3.